The number of benzene rings is 2. The summed E-state index contributed by atoms with van der Waals surface area (Å²) >= 11 is 0. The van der Waals surface area contributed by atoms with E-state index < -0.39 is 10.0 Å². The molecular formula is C22H28N2O3S. The topological polar surface area (TPSA) is 66.5 Å². The van der Waals surface area contributed by atoms with Crippen LogP contribution in [0.2, 0.25) is 0 Å². The van der Waals surface area contributed by atoms with Crippen LogP contribution in [0.5, 0.6) is 0 Å². The van der Waals surface area contributed by atoms with Gasteiger partial charge in [0.25, 0.3) is 15.9 Å². The van der Waals surface area contributed by atoms with Crippen LogP contribution >= 0.6 is 0 Å². The van der Waals surface area contributed by atoms with E-state index in [0.29, 0.717) is 16.8 Å². The smallest absolute Gasteiger partial charge is 0.262 e. The van der Waals surface area contributed by atoms with Crippen molar-refractivity contribution in [2.24, 2.45) is 0 Å². The lowest BCUT2D eigenvalue weighted by atomic mass is 10.1. The number of carbonyl (C=O) groups excluding carboxylic acids is 1. The lowest BCUT2D eigenvalue weighted by Crippen LogP contribution is -2.35. The minimum atomic E-state index is -3.80. The lowest BCUT2D eigenvalue weighted by molar-refractivity contribution is 0.0735. The second-order valence-electron chi connectivity index (χ2n) is 7.76. The number of hydrogen-bond donors (Lipinski definition) is 1. The summed E-state index contributed by atoms with van der Waals surface area (Å²) in [6.07, 6.45) is 4.28. The first-order chi connectivity index (χ1) is 13.2. The molecule has 28 heavy (non-hydrogen) atoms. The van der Waals surface area contributed by atoms with E-state index in [1.807, 2.05) is 26.0 Å². The fourth-order valence-electron chi connectivity index (χ4n) is 3.81. The van der Waals surface area contributed by atoms with Crippen molar-refractivity contribution in [2.75, 3.05) is 11.8 Å². The van der Waals surface area contributed by atoms with Crippen molar-refractivity contribution in [3.05, 3.63) is 58.7 Å². The van der Waals surface area contributed by atoms with E-state index in [1.54, 1.807) is 37.1 Å². The summed E-state index contributed by atoms with van der Waals surface area (Å²) in [5, 5.41) is 0. The maximum atomic E-state index is 13.0. The van der Waals surface area contributed by atoms with Gasteiger partial charge in [0.2, 0.25) is 0 Å². The van der Waals surface area contributed by atoms with Crippen LogP contribution in [0.4, 0.5) is 5.69 Å². The molecule has 1 saturated carbocycles. The molecule has 150 valence electrons. The van der Waals surface area contributed by atoms with Crippen molar-refractivity contribution >= 4 is 21.6 Å². The first-order valence-corrected chi connectivity index (χ1v) is 11.2. The van der Waals surface area contributed by atoms with Crippen molar-refractivity contribution in [3.8, 4) is 0 Å². The number of amides is 1. The van der Waals surface area contributed by atoms with Gasteiger partial charge in [0.05, 0.1) is 10.6 Å². The largest absolute Gasteiger partial charge is 0.339 e. The molecule has 1 fully saturated rings. The number of sulfonamides is 1. The average Bonchev–Trinajstić information content (AvgIpc) is 3.18. The normalized spacial score (nSPS) is 14.9. The zero-order valence-electron chi connectivity index (χ0n) is 17.0. The van der Waals surface area contributed by atoms with E-state index in [-0.39, 0.29) is 16.8 Å². The molecular weight excluding hydrogens is 372 g/mol. The van der Waals surface area contributed by atoms with Crippen molar-refractivity contribution in [1.82, 2.24) is 4.90 Å². The molecule has 1 aliphatic rings. The van der Waals surface area contributed by atoms with Gasteiger partial charge in [-0.25, -0.2) is 8.42 Å². The Balaban J connectivity index is 1.90. The Kier molecular flexibility index (Phi) is 5.79. The van der Waals surface area contributed by atoms with Crippen LogP contribution in [-0.2, 0) is 10.0 Å². The molecule has 0 unspecified atom stereocenters. The molecule has 0 atom stereocenters. The van der Waals surface area contributed by atoms with E-state index in [4.69, 9.17) is 0 Å². The fraction of sp³-hybridized carbons (Fsp3) is 0.409. The predicted octanol–water partition coefficient (Wildman–Crippen LogP) is 4.43. The van der Waals surface area contributed by atoms with E-state index in [2.05, 4.69) is 4.72 Å². The number of carbonyl (C=O) groups is 1. The Morgan fingerprint density at radius 2 is 1.68 bits per heavy atom. The highest BCUT2D eigenvalue weighted by Crippen LogP contribution is 2.26. The quantitative estimate of drug-likeness (QED) is 0.807. The Bertz CT molecular complexity index is 993. The van der Waals surface area contributed by atoms with Gasteiger partial charge in [0.15, 0.2) is 0 Å². The average molecular weight is 401 g/mol. The molecule has 6 heteroatoms. The number of rotatable bonds is 5. The van der Waals surface area contributed by atoms with Gasteiger partial charge in [-0.15, -0.1) is 0 Å². The number of aryl methyl sites for hydroxylation is 3. The summed E-state index contributed by atoms with van der Waals surface area (Å²) in [4.78, 5) is 14.8. The van der Waals surface area contributed by atoms with Gasteiger partial charge in [0.1, 0.15) is 0 Å². The molecule has 0 saturated heterocycles. The molecule has 2 aromatic rings. The fourth-order valence-corrected chi connectivity index (χ4v) is 5.21. The van der Waals surface area contributed by atoms with Gasteiger partial charge in [-0.3, -0.25) is 9.52 Å². The molecule has 0 radical (unpaired) electrons. The second kappa shape index (κ2) is 7.95. The van der Waals surface area contributed by atoms with Crippen molar-refractivity contribution < 1.29 is 13.2 Å². The van der Waals surface area contributed by atoms with Crippen LogP contribution in [0.3, 0.4) is 0 Å². The van der Waals surface area contributed by atoms with Crippen molar-refractivity contribution in [2.45, 2.75) is 57.4 Å². The van der Waals surface area contributed by atoms with Gasteiger partial charge < -0.3 is 4.90 Å². The third-order valence-electron chi connectivity index (χ3n) is 5.54. The molecule has 3 rings (SSSR count). The zero-order chi connectivity index (χ0) is 20.5. The molecule has 0 bridgehead atoms. The van der Waals surface area contributed by atoms with Gasteiger partial charge in [0, 0.05) is 18.7 Å². The summed E-state index contributed by atoms with van der Waals surface area (Å²) in [7, 11) is -2.00. The van der Waals surface area contributed by atoms with Crippen LogP contribution < -0.4 is 4.72 Å². The second-order valence-corrected chi connectivity index (χ2v) is 9.41. The van der Waals surface area contributed by atoms with E-state index >= 15 is 0 Å². The number of hydrogen-bond acceptors (Lipinski definition) is 3. The maximum absolute atomic E-state index is 13.0. The standard InChI is InChI=1S/C22H28N2O3S/c1-15-9-12-20(17(3)13-15)23-28(26,27)21-14-18(11-10-16(21)2)22(25)24(4)19-7-5-6-8-19/h9-14,19,23H,5-8H2,1-4H3. The number of nitrogens with one attached hydrogen (secondary N) is 1. The summed E-state index contributed by atoms with van der Waals surface area (Å²) < 4.78 is 28.7. The van der Waals surface area contributed by atoms with Crippen molar-refractivity contribution in [3.63, 3.8) is 0 Å². The molecule has 1 N–H and O–H groups in total. The van der Waals surface area contributed by atoms with Crippen LogP contribution in [0.1, 0.15) is 52.7 Å². The molecule has 1 amide bonds. The number of anilines is 1. The molecule has 0 heterocycles. The number of nitrogens with zero attached hydrogens (tertiary/aromatic N) is 1. The van der Waals surface area contributed by atoms with Gasteiger partial charge >= 0.3 is 0 Å². The Hall–Kier alpha value is -2.34. The predicted molar refractivity (Wildman–Crippen MR) is 112 cm³/mol. The third kappa shape index (κ3) is 4.22. The molecule has 0 spiro atoms. The maximum Gasteiger partial charge on any atom is 0.262 e. The molecule has 0 aromatic heterocycles. The zero-order valence-corrected chi connectivity index (χ0v) is 17.8. The monoisotopic (exact) mass is 400 g/mol. The van der Waals surface area contributed by atoms with Crippen LogP contribution in [0.15, 0.2) is 41.3 Å². The van der Waals surface area contributed by atoms with E-state index in [9.17, 15) is 13.2 Å². The van der Waals surface area contributed by atoms with Crippen molar-refractivity contribution in [1.29, 1.82) is 0 Å². The first kappa shape index (κ1) is 20.4. The SMILES string of the molecule is Cc1ccc(NS(=O)(=O)c2cc(C(=O)N(C)C3CCCC3)ccc2C)c(C)c1. The Labute approximate surface area is 167 Å². The first-order valence-electron chi connectivity index (χ1n) is 9.67. The summed E-state index contributed by atoms with van der Waals surface area (Å²) in [5.41, 5.74) is 3.48. The molecule has 2 aromatic carbocycles. The van der Waals surface area contributed by atoms with Crippen LogP contribution in [0, 0.1) is 20.8 Å². The highest BCUT2D eigenvalue weighted by Gasteiger charge is 2.26. The molecule has 1 aliphatic carbocycles. The Morgan fingerprint density at radius 1 is 1.00 bits per heavy atom. The van der Waals surface area contributed by atoms with Crippen LogP contribution in [0.25, 0.3) is 0 Å². The minimum absolute atomic E-state index is 0.130. The molecule has 5 nitrogen and oxygen atoms in total. The van der Waals surface area contributed by atoms with Crippen LogP contribution in [-0.4, -0.2) is 32.3 Å². The summed E-state index contributed by atoms with van der Waals surface area (Å²) in [5.74, 6) is -0.130. The summed E-state index contributed by atoms with van der Waals surface area (Å²) in [6.45, 7) is 5.57. The van der Waals surface area contributed by atoms with Gasteiger partial charge in [-0.05, 0) is 62.9 Å². The third-order valence-corrected chi connectivity index (χ3v) is 7.05. The lowest BCUT2D eigenvalue weighted by Gasteiger charge is -2.24. The van der Waals surface area contributed by atoms with E-state index in [1.165, 1.54) is 6.07 Å². The highest BCUT2D eigenvalue weighted by atomic mass is 32.2. The van der Waals surface area contributed by atoms with Gasteiger partial charge in [-0.2, -0.15) is 0 Å². The molecule has 0 aliphatic heterocycles. The van der Waals surface area contributed by atoms with E-state index in [0.717, 1.165) is 36.8 Å². The summed E-state index contributed by atoms with van der Waals surface area (Å²) in [6, 6.07) is 10.7. The Morgan fingerprint density at radius 3 is 2.32 bits per heavy atom. The van der Waals surface area contributed by atoms with Gasteiger partial charge in [-0.1, -0.05) is 36.6 Å². The minimum Gasteiger partial charge on any atom is -0.339 e. The highest BCUT2D eigenvalue weighted by molar-refractivity contribution is 7.92.